The molecule has 22 heavy (non-hydrogen) atoms. The molecule has 1 aromatic rings. The van der Waals surface area contributed by atoms with Crippen LogP contribution in [0.25, 0.3) is 0 Å². The van der Waals surface area contributed by atoms with Crippen LogP contribution in [0.3, 0.4) is 0 Å². The lowest BCUT2D eigenvalue weighted by Crippen LogP contribution is -2.38. The molecule has 0 saturated carbocycles. The van der Waals surface area contributed by atoms with Crippen molar-refractivity contribution in [2.45, 2.75) is 56.6 Å². The molecule has 2 atom stereocenters. The van der Waals surface area contributed by atoms with Gasteiger partial charge in [0.15, 0.2) is 0 Å². The normalized spacial score (nSPS) is 20.9. The molecule has 124 valence electrons. The minimum Gasteiger partial charge on any atom is -0.391 e. The van der Waals surface area contributed by atoms with Crippen molar-refractivity contribution >= 4 is 15.8 Å². The van der Waals surface area contributed by atoms with E-state index in [1.807, 2.05) is 18.7 Å². The maximum atomic E-state index is 12.3. The highest BCUT2D eigenvalue weighted by Gasteiger charge is 2.21. The van der Waals surface area contributed by atoms with Crippen molar-refractivity contribution in [3.8, 4) is 0 Å². The summed E-state index contributed by atoms with van der Waals surface area (Å²) in [6.45, 7) is 5.26. The maximum absolute atomic E-state index is 12.3. The molecule has 2 heterocycles. The Kier molecular flexibility index (Phi) is 5.77. The van der Waals surface area contributed by atoms with Gasteiger partial charge in [0.05, 0.1) is 6.10 Å². The fourth-order valence-electron chi connectivity index (χ4n) is 2.71. The standard InChI is InChI=1S/C15H25N3O3S/c1-3-5-12(2)17-22(20,21)14-7-8-15(16-10-14)18-9-4-6-13(19)11-18/h7-8,10,12-13,17,19H,3-6,9,11H2,1-2H3/t12-,13+/m1/s1. The zero-order chi connectivity index (χ0) is 16.2. The maximum Gasteiger partial charge on any atom is 0.242 e. The van der Waals surface area contributed by atoms with Gasteiger partial charge in [0.1, 0.15) is 10.7 Å². The van der Waals surface area contributed by atoms with Crippen LogP contribution in [-0.2, 0) is 10.0 Å². The fraction of sp³-hybridized carbons (Fsp3) is 0.667. The SMILES string of the molecule is CCC[C@@H](C)NS(=O)(=O)c1ccc(N2CCC[C@H](O)C2)nc1. The molecule has 1 fully saturated rings. The highest BCUT2D eigenvalue weighted by Crippen LogP contribution is 2.19. The van der Waals surface area contributed by atoms with E-state index in [-0.39, 0.29) is 17.0 Å². The minimum atomic E-state index is -3.52. The van der Waals surface area contributed by atoms with Gasteiger partial charge < -0.3 is 10.0 Å². The molecule has 0 aliphatic carbocycles. The van der Waals surface area contributed by atoms with Crippen molar-refractivity contribution in [2.75, 3.05) is 18.0 Å². The van der Waals surface area contributed by atoms with Crippen LogP contribution in [0.1, 0.15) is 39.5 Å². The Morgan fingerprint density at radius 3 is 2.86 bits per heavy atom. The van der Waals surface area contributed by atoms with Crippen LogP contribution in [0, 0.1) is 0 Å². The fourth-order valence-corrected chi connectivity index (χ4v) is 3.93. The van der Waals surface area contributed by atoms with Crippen LogP contribution in [0.15, 0.2) is 23.2 Å². The van der Waals surface area contributed by atoms with Gasteiger partial charge in [0, 0.05) is 25.3 Å². The first-order valence-corrected chi connectivity index (χ1v) is 9.32. The molecule has 6 nitrogen and oxygen atoms in total. The van der Waals surface area contributed by atoms with Crippen LogP contribution in [0.4, 0.5) is 5.82 Å². The van der Waals surface area contributed by atoms with Crippen LogP contribution in [-0.4, -0.2) is 43.7 Å². The number of aliphatic hydroxyl groups is 1. The molecule has 0 spiro atoms. The molecule has 1 saturated heterocycles. The molecule has 0 radical (unpaired) electrons. The van der Waals surface area contributed by atoms with E-state index in [1.54, 1.807) is 12.1 Å². The lowest BCUT2D eigenvalue weighted by molar-refractivity contribution is 0.154. The largest absolute Gasteiger partial charge is 0.391 e. The number of nitrogens with zero attached hydrogens (tertiary/aromatic N) is 2. The summed E-state index contributed by atoms with van der Waals surface area (Å²) in [7, 11) is -3.52. The first kappa shape index (κ1) is 17.2. The number of piperidine rings is 1. The Morgan fingerprint density at radius 1 is 1.50 bits per heavy atom. The van der Waals surface area contributed by atoms with Gasteiger partial charge in [0.25, 0.3) is 0 Å². The highest BCUT2D eigenvalue weighted by molar-refractivity contribution is 7.89. The van der Waals surface area contributed by atoms with Crippen LogP contribution in [0.2, 0.25) is 0 Å². The van der Waals surface area contributed by atoms with Crippen LogP contribution >= 0.6 is 0 Å². The number of hydrogen-bond donors (Lipinski definition) is 2. The smallest absolute Gasteiger partial charge is 0.242 e. The van der Waals surface area contributed by atoms with Crippen LogP contribution < -0.4 is 9.62 Å². The summed E-state index contributed by atoms with van der Waals surface area (Å²) in [5, 5.41) is 9.70. The number of rotatable bonds is 6. The molecule has 2 rings (SSSR count). The third kappa shape index (κ3) is 4.41. The number of aliphatic hydroxyl groups excluding tert-OH is 1. The summed E-state index contributed by atoms with van der Waals surface area (Å²) in [5.41, 5.74) is 0. The van der Waals surface area contributed by atoms with Crippen molar-refractivity contribution in [3.63, 3.8) is 0 Å². The second-order valence-corrected chi connectivity index (χ2v) is 7.62. The molecule has 1 aliphatic heterocycles. The number of pyridine rings is 1. The zero-order valence-corrected chi connectivity index (χ0v) is 14.0. The predicted molar refractivity (Wildman–Crippen MR) is 86.4 cm³/mol. The summed E-state index contributed by atoms with van der Waals surface area (Å²) < 4.78 is 27.2. The van der Waals surface area contributed by atoms with E-state index in [1.165, 1.54) is 6.20 Å². The molecule has 0 bridgehead atoms. The van der Waals surface area contributed by atoms with Crippen molar-refractivity contribution in [3.05, 3.63) is 18.3 Å². The first-order valence-electron chi connectivity index (χ1n) is 7.83. The Labute approximate surface area is 132 Å². The van der Waals surface area contributed by atoms with Gasteiger partial charge >= 0.3 is 0 Å². The third-order valence-electron chi connectivity index (χ3n) is 3.83. The minimum absolute atomic E-state index is 0.0908. The Balaban J connectivity index is 2.07. The number of sulfonamides is 1. The third-order valence-corrected chi connectivity index (χ3v) is 5.40. The lowest BCUT2D eigenvalue weighted by Gasteiger charge is -2.31. The van der Waals surface area contributed by atoms with E-state index in [0.717, 1.165) is 32.2 Å². The number of hydrogen-bond acceptors (Lipinski definition) is 5. The Hall–Kier alpha value is -1.18. The molecule has 0 amide bonds. The van der Waals surface area contributed by atoms with Crippen molar-refractivity contribution < 1.29 is 13.5 Å². The number of anilines is 1. The number of β-amino-alcohol motifs (C(OH)–C–C–N with tert-alkyl or cyclic N) is 1. The summed E-state index contributed by atoms with van der Waals surface area (Å²) in [6, 6.07) is 3.19. The monoisotopic (exact) mass is 327 g/mol. The summed E-state index contributed by atoms with van der Waals surface area (Å²) >= 11 is 0. The summed E-state index contributed by atoms with van der Waals surface area (Å²) in [5.74, 6) is 0.708. The summed E-state index contributed by atoms with van der Waals surface area (Å²) in [4.78, 5) is 6.41. The highest BCUT2D eigenvalue weighted by atomic mass is 32.2. The van der Waals surface area contributed by atoms with E-state index in [4.69, 9.17) is 0 Å². The zero-order valence-electron chi connectivity index (χ0n) is 13.2. The molecule has 1 aliphatic rings. The molecular formula is C15H25N3O3S. The number of aromatic nitrogens is 1. The number of nitrogens with one attached hydrogen (secondary N) is 1. The molecule has 7 heteroatoms. The average Bonchev–Trinajstić information content (AvgIpc) is 2.47. The van der Waals surface area contributed by atoms with Gasteiger partial charge in [-0.2, -0.15) is 0 Å². The molecular weight excluding hydrogens is 302 g/mol. The van der Waals surface area contributed by atoms with E-state index in [9.17, 15) is 13.5 Å². The van der Waals surface area contributed by atoms with Gasteiger partial charge in [-0.05, 0) is 38.3 Å². The van der Waals surface area contributed by atoms with E-state index in [0.29, 0.717) is 12.4 Å². The molecule has 1 aromatic heterocycles. The Bertz CT molecular complexity index is 574. The van der Waals surface area contributed by atoms with Crippen molar-refractivity contribution in [1.82, 2.24) is 9.71 Å². The first-order chi connectivity index (χ1) is 10.4. The van der Waals surface area contributed by atoms with Gasteiger partial charge in [-0.15, -0.1) is 0 Å². The van der Waals surface area contributed by atoms with Gasteiger partial charge in [-0.3, -0.25) is 0 Å². The van der Waals surface area contributed by atoms with Gasteiger partial charge in [-0.25, -0.2) is 18.1 Å². The van der Waals surface area contributed by atoms with Crippen molar-refractivity contribution in [1.29, 1.82) is 0 Å². The van der Waals surface area contributed by atoms with Gasteiger partial charge in [0.2, 0.25) is 10.0 Å². The molecule has 2 N–H and O–H groups in total. The topological polar surface area (TPSA) is 82.5 Å². The second-order valence-electron chi connectivity index (χ2n) is 5.91. The molecule has 0 unspecified atom stereocenters. The molecule has 0 aromatic carbocycles. The Morgan fingerprint density at radius 2 is 2.27 bits per heavy atom. The quantitative estimate of drug-likeness (QED) is 0.827. The average molecular weight is 327 g/mol. The summed E-state index contributed by atoms with van der Waals surface area (Å²) in [6.07, 6.45) is 4.50. The van der Waals surface area contributed by atoms with E-state index >= 15 is 0 Å². The lowest BCUT2D eigenvalue weighted by atomic mass is 10.1. The van der Waals surface area contributed by atoms with E-state index in [2.05, 4.69) is 9.71 Å². The van der Waals surface area contributed by atoms with Crippen molar-refractivity contribution in [2.24, 2.45) is 0 Å². The van der Waals surface area contributed by atoms with E-state index < -0.39 is 10.0 Å². The van der Waals surface area contributed by atoms with Crippen LogP contribution in [0.5, 0.6) is 0 Å². The second kappa shape index (κ2) is 7.39. The predicted octanol–water partition coefficient (Wildman–Crippen LogP) is 1.51. The van der Waals surface area contributed by atoms with Gasteiger partial charge in [-0.1, -0.05) is 13.3 Å².